The minimum atomic E-state index is -0.511. The second-order valence-corrected chi connectivity index (χ2v) is 7.93. The number of nitrogens with one attached hydrogen (secondary N) is 2. The van der Waals surface area contributed by atoms with Gasteiger partial charge in [0.15, 0.2) is 10.7 Å². The van der Waals surface area contributed by atoms with Crippen LogP contribution in [0.25, 0.3) is 11.8 Å². The number of aromatic nitrogens is 2. The largest absolute Gasteiger partial charge is 0.298 e. The summed E-state index contributed by atoms with van der Waals surface area (Å²) in [5.74, 6) is 0.613. The lowest BCUT2D eigenvalue weighted by molar-refractivity contribution is 0.855. The maximum Gasteiger partial charge on any atom is 0.298 e. The molecular formula is C25H26N4OS. The third-order valence-corrected chi connectivity index (χ3v) is 5.78. The molecule has 0 bridgehead atoms. The number of allylic oxidation sites excluding steroid dienone is 6. The van der Waals surface area contributed by atoms with Crippen LogP contribution in [-0.2, 0) is 0 Å². The van der Waals surface area contributed by atoms with Crippen LogP contribution in [0.4, 0.5) is 0 Å². The minimum absolute atomic E-state index is 0.140. The van der Waals surface area contributed by atoms with Gasteiger partial charge >= 0.3 is 0 Å². The average molecular weight is 431 g/mol. The molecule has 0 radical (unpaired) electrons. The van der Waals surface area contributed by atoms with Crippen molar-refractivity contribution in [2.24, 2.45) is 0 Å². The van der Waals surface area contributed by atoms with Crippen molar-refractivity contribution in [2.75, 3.05) is 5.75 Å². The molecule has 0 saturated carbocycles. The van der Waals surface area contributed by atoms with Crippen LogP contribution in [0.3, 0.4) is 0 Å². The molecule has 31 heavy (non-hydrogen) atoms. The Morgan fingerprint density at radius 1 is 1.19 bits per heavy atom. The zero-order valence-corrected chi connectivity index (χ0v) is 18.4. The maximum absolute atomic E-state index is 12.9. The van der Waals surface area contributed by atoms with Crippen LogP contribution < -0.4 is 11.0 Å². The van der Waals surface area contributed by atoms with Gasteiger partial charge in [0.2, 0.25) is 0 Å². The van der Waals surface area contributed by atoms with Gasteiger partial charge < -0.3 is 0 Å². The highest BCUT2D eigenvalue weighted by atomic mass is 32.2. The summed E-state index contributed by atoms with van der Waals surface area (Å²) in [5, 5.41) is 16.8. The first-order chi connectivity index (χ1) is 15.0. The predicted octanol–water partition coefficient (Wildman–Crippen LogP) is 5.03. The SMILES string of the molecule is C=C(c1ccccc1/C=C\C)n1ccn(C(=N)SCC2=C/CC/C=C/C=C\2)c(=N)c1=O. The highest BCUT2D eigenvalue weighted by molar-refractivity contribution is 8.13. The molecule has 0 unspecified atom stereocenters. The van der Waals surface area contributed by atoms with Crippen LogP contribution in [0, 0.1) is 10.8 Å². The third-order valence-electron chi connectivity index (χ3n) is 4.83. The Bertz CT molecular complexity index is 1220. The van der Waals surface area contributed by atoms with E-state index < -0.39 is 5.56 Å². The van der Waals surface area contributed by atoms with Crippen molar-refractivity contribution in [3.8, 4) is 0 Å². The van der Waals surface area contributed by atoms with Gasteiger partial charge in [-0.1, -0.05) is 85.1 Å². The first kappa shape index (κ1) is 22.3. The number of hydrogen-bond donors (Lipinski definition) is 2. The molecule has 158 valence electrons. The first-order valence-corrected chi connectivity index (χ1v) is 11.1. The summed E-state index contributed by atoms with van der Waals surface area (Å²) >= 11 is 1.30. The van der Waals surface area contributed by atoms with Crippen LogP contribution >= 0.6 is 11.8 Å². The summed E-state index contributed by atoms with van der Waals surface area (Å²) in [6, 6.07) is 7.68. The minimum Gasteiger partial charge on any atom is -0.280 e. The smallest absolute Gasteiger partial charge is 0.280 e. The molecule has 1 aromatic carbocycles. The Kier molecular flexibility index (Phi) is 7.62. The van der Waals surface area contributed by atoms with Gasteiger partial charge in [0.1, 0.15) is 0 Å². The van der Waals surface area contributed by atoms with Gasteiger partial charge in [0, 0.05) is 29.4 Å². The Labute approximate surface area is 186 Å². The quantitative estimate of drug-likeness (QED) is 0.516. The second kappa shape index (κ2) is 10.6. The van der Waals surface area contributed by atoms with Gasteiger partial charge in [-0.3, -0.25) is 24.7 Å². The van der Waals surface area contributed by atoms with E-state index in [1.54, 1.807) is 12.4 Å². The molecule has 3 rings (SSSR count). The average Bonchev–Trinajstić information content (AvgIpc) is 2.75. The topological polar surface area (TPSA) is 74.6 Å². The van der Waals surface area contributed by atoms with Crippen molar-refractivity contribution in [3.63, 3.8) is 0 Å². The zero-order valence-electron chi connectivity index (χ0n) is 17.5. The normalized spacial score (nSPS) is 17.4. The molecule has 1 aromatic heterocycles. The number of nitrogens with zero attached hydrogens (tertiary/aromatic N) is 2. The monoisotopic (exact) mass is 430 g/mol. The van der Waals surface area contributed by atoms with Crippen molar-refractivity contribution in [1.29, 1.82) is 10.8 Å². The summed E-state index contributed by atoms with van der Waals surface area (Å²) in [6.45, 7) is 6.02. The lowest BCUT2D eigenvalue weighted by Gasteiger charge is -2.14. The van der Waals surface area contributed by atoms with E-state index in [2.05, 4.69) is 18.7 Å². The van der Waals surface area contributed by atoms with Crippen molar-refractivity contribution >= 4 is 28.7 Å². The van der Waals surface area contributed by atoms with Gasteiger partial charge in [-0.05, 0) is 30.9 Å². The highest BCUT2D eigenvalue weighted by Gasteiger charge is 2.12. The Morgan fingerprint density at radius 3 is 2.77 bits per heavy atom. The fraction of sp³-hybridized carbons (Fsp3) is 0.160. The molecule has 1 aliphatic carbocycles. The standard InChI is InChI=1S/C25H26N4OS/c1-3-11-21-14-9-10-15-22(21)19(2)28-16-17-29(23(26)24(28)30)25(27)31-18-20-12-7-5-4-6-8-13-20/h3-5,7,9-17,26-27H,2,6,8,18H2,1H3/b5-4+,11-3-,12-7-,20-13+,26-23?,27-25?. The summed E-state index contributed by atoms with van der Waals surface area (Å²) in [4.78, 5) is 12.9. The molecule has 6 heteroatoms. The molecule has 0 atom stereocenters. The fourth-order valence-electron chi connectivity index (χ4n) is 3.20. The molecule has 2 N–H and O–H groups in total. The van der Waals surface area contributed by atoms with E-state index in [1.807, 2.05) is 61.6 Å². The van der Waals surface area contributed by atoms with Crippen LogP contribution in [0.2, 0.25) is 0 Å². The predicted molar refractivity (Wildman–Crippen MR) is 131 cm³/mol. The summed E-state index contributed by atoms with van der Waals surface area (Å²) in [6.07, 6.45) is 19.4. The first-order valence-electron chi connectivity index (χ1n) is 10.1. The molecule has 1 aliphatic rings. The molecule has 0 fully saturated rings. The van der Waals surface area contributed by atoms with E-state index in [0.29, 0.717) is 11.4 Å². The van der Waals surface area contributed by atoms with Crippen LogP contribution in [0.1, 0.15) is 30.9 Å². The van der Waals surface area contributed by atoms with E-state index in [4.69, 9.17) is 10.8 Å². The Hall–Kier alpha value is -3.38. The molecule has 0 saturated heterocycles. The molecule has 0 amide bonds. The van der Waals surface area contributed by atoms with E-state index in [1.165, 1.54) is 20.9 Å². The van der Waals surface area contributed by atoms with Crippen LogP contribution in [-0.4, -0.2) is 20.1 Å². The molecule has 1 heterocycles. The van der Waals surface area contributed by atoms with Crippen LogP contribution in [0.15, 0.2) is 90.1 Å². The van der Waals surface area contributed by atoms with Crippen molar-refractivity contribution in [3.05, 3.63) is 112 Å². The molecule has 5 nitrogen and oxygen atoms in total. The van der Waals surface area contributed by atoms with Crippen molar-refractivity contribution < 1.29 is 0 Å². The van der Waals surface area contributed by atoms with Gasteiger partial charge in [0.25, 0.3) is 5.56 Å². The fourth-order valence-corrected chi connectivity index (χ4v) is 4.01. The van der Waals surface area contributed by atoms with E-state index in [0.717, 1.165) is 29.5 Å². The van der Waals surface area contributed by atoms with Crippen molar-refractivity contribution in [2.45, 2.75) is 19.8 Å². The van der Waals surface area contributed by atoms with E-state index >= 15 is 0 Å². The number of rotatable bonds is 5. The Morgan fingerprint density at radius 2 is 1.97 bits per heavy atom. The summed E-state index contributed by atoms with van der Waals surface area (Å²) < 4.78 is 2.67. The van der Waals surface area contributed by atoms with Crippen LogP contribution in [0.5, 0.6) is 0 Å². The third kappa shape index (κ3) is 5.41. The lowest BCUT2D eigenvalue weighted by Crippen LogP contribution is -2.42. The lowest BCUT2D eigenvalue weighted by atomic mass is 10.0. The molecule has 0 aliphatic heterocycles. The molecule has 0 spiro atoms. The van der Waals surface area contributed by atoms with Gasteiger partial charge in [-0.2, -0.15) is 0 Å². The molecule has 2 aromatic rings. The maximum atomic E-state index is 12.9. The second-order valence-electron chi connectivity index (χ2n) is 6.96. The highest BCUT2D eigenvalue weighted by Crippen LogP contribution is 2.20. The zero-order chi connectivity index (χ0) is 22.2. The summed E-state index contributed by atoms with van der Waals surface area (Å²) in [7, 11) is 0. The summed E-state index contributed by atoms with van der Waals surface area (Å²) in [5.41, 5.74) is 2.62. The van der Waals surface area contributed by atoms with Gasteiger partial charge in [-0.25, -0.2) is 0 Å². The van der Waals surface area contributed by atoms with E-state index in [-0.39, 0.29) is 10.7 Å². The van der Waals surface area contributed by atoms with Gasteiger partial charge in [-0.15, -0.1) is 0 Å². The molecular weight excluding hydrogens is 404 g/mol. The van der Waals surface area contributed by atoms with Gasteiger partial charge in [0.05, 0.1) is 0 Å². The van der Waals surface area contributed by atoms with Crippen molar-refractivity contribution in [1.82, 2.24) is 9.13 Å². The number of thioether (sulfide) groups is 1. The number of hydrogen-bond acceptors (Lipinski definition) is 4. The van der Waals surface area contributed by atoms with E-state index in [9.17, 15) is 4.79 Å². The Balaban J connectivity index is 1.83. The number of benzene rings is 1.